The fourth-order valence-electron chi connectivity index (χ4n) is 1.04. The molecule has 88 valence electrons. The zero-order chi connectivity index (χ0) is 12.1. The third-order valence-electron chi connectivity index (χ3n) is 2.13. The molecular formula is C11H12Cl2O3. The summed E-state index contributed by atoms with van der Waals surface area (Å²) in [6.45, 7) is 1.98. The molecule has 0 aromatic heterocycles. The second kappa shape index (κ2) is 5.97. The summed E-state index contributed by atoms with van der Waals surface area (Å²) in [5.74, 6) is -0.646. The van der Waals surface area contributed by atoms with Gasteiger partial charge in [0.25, 0.3) is 0 Å². The molecule has 0 bridgehead atoms. The van der Waals surface area contributed by atoms with Gasteiger partial charge < -0.3 is 9.84 Å². The van der Waals surface area contributed by atoms with Crippen LogP contribution in [0.2, 0.25) is 10.0 Å². The van der Waals surface area contributed by atoms with Crippen LogP contribution in [0.25, 0.3) is 0 Å². The molecular weight excluding hydrogens is 251 g/mol. The Bertz CT molecular complexity index is 379. The molecule has 1 aromatic carbocycles. The van der Waals surface area contributed by atoms with Gasteiger partial charge in [-0.25, -0.2) is 0 Å². The average molecular weight is 263 g/mol. The lowest BCUT2D eigenvalue weighted by molar-refractivity contribution is -0.141. The van der Waals surface area contributed by atoms with Crippen molar-refractivity contribution in [2.45, 2.75) is 13.3 Å². The van der Waals surface area contributed by atoms with Crippen molar-refractivity contribution in [3.63, 3.8) is 0 Å². The molecule has 0 amide bonds. The summed E-state index contributed by atoms with van der Waals surface area (Å²) >= 11 is 11.5. The number of carboxylic acid groups (broad SMARTS) is 1. The molecule has 0 saturated heterocycles. The minimum Gasteiger partial charge on any atom is -0.494 e. The second-order valence-electron chi connectivity index (χ2n) is 3.45. The molecule has 0 fully saturated rings. The zero-order valence-corrected chi connectivity index (χ0v) is 10.3. The summed E-state index contributed by atoms with van der Waals surface area (Å²) in [6, 6.07) is 4.94. The first kappa shape index (κ1) is 13.1. The van der Waals surface area contributed by atoms with Crippen LogP contribution in [-0.2, 0) is 4.79 Å². The molecule has 0 aliphatic rings. The Labute approximate surface area is 104 Å². The number of carbonyl (C=O) groups is 1. The van der Waals surface area contributed by atoms with E-state index in [9.17, 15) is 4.79 Å². The molecule has 0 aliphatic heterocycles. The number of hydrogen-bond acceptors (Lipinski definition) is 2. The first-order valence-electron chi connectivity index (χ1n) is 4.81. The second-order valence-corrected chi connectivity index (χ2v) is 4.27. The topological polar surface area (TPSA) is 46.5 Å². The van der Waals surface area contributed by atoms with E-state index < -0.39 is 11.9 Å². The molecule has 1 atom stereocenters. The Kier molecular flexibility index (Phi) is 4.90. The molecule has 1 unspecified atom stereocenters. The normalized spacial score (nSPS) is 12.2. The van der Waals surface area contributed by atoms with E-state index in [-0.39, 0.29) is 0 Å². The molecule has 0 radical (unpaired) electrons. The Morgan fingerprint density at radius 2 is 2.12 bits per heavy atom. The van der Waals surface area contributed by atoms with Gasteiger partial charge in [0.2, 0.25) is 0 Å². The number of hydrogen-bond donors (Lipinski definition) is 1. The van der Waals surface area contributed by atoms with E-state index in [1.54, 1.807) is 25.1 Å². The number of benzene rings is 1. The summed E-state index contributed by atoms with van der Waals surface area (Å²) in [4.78, 5) is 10.5. The summed E-state index contributed by atoms with van der Waals surface area (Å²) < 4.78 is 5.36. The lowest BCUT2D eigenvalue weighted by Crippen LogP contribution is -2.13. The minimum atomic E-state index is -0.822. The lowest BCUT2D eigenvalue weighted by atomic mass is 10.1. The Morgan fingerprint density at radius 3 is 2.69 bits per heavy atom. The van der Waals surface area contributed by atoms with Crippen LogP contribution in [0.5, 0.6) is 5.75 Å². The molecule has 3 nitrogen and oxygen atoms in total. The van der Waals surface area contributed by atoms with Gasteiger partial charge in [-0.05, 0) is 18.6 Å². The van der Waals surface area contributed by atoms with E-state index in [1.807, 2.05) is 0 Å². The molecule has 5 heteroatoms. The van der Waals surface area contributed by atoms with Crippen LogP contribution in [0.3, 0.4) is 0 Å². The molecule has 0 saturated carbocycles. The van der Waals surface area contributed by atoms with Gasteiger partial charge in [0.1, 0.15) is 5.75 Å². The van der Waals surface area contributed by atoms with Crippen LogP contribution in [0.4, 0.5) is 0 Å². The Hall–Kier alpha value is -0.930. The quantitative estimate of drug-likeness (QED) is 0.884. The van der Waals surface area contributed by atoms with E-state index in [0.717, 1.165) is 0 Å². The van der Waals surface area contributed by atoms with E-state index in [1.165, 1.54) is 0 Å². The van der Waals surface area contributed by atoms with Crippen molar-refractivity contribution in [2.75, 3.05) is 6.61 Å². The van der Waals surface area contributed by atoms with Gasteiger partial charge in [0, 0.05) is 6.07 Å². The predicted octanol–water partition coefficient (Wildman–Crippen LogP) is 3.48. The molecule has 1 aromatic rings. The van der Waals surface area contributed by atoms with Gasteiger partial charge in [-0.15, -0.1) is 0 Å². The van der Waals surface area contributed by atoms with E-state index in [0.29, 0.717) is 28.8 Å². The van der Waals surface area contributed by atoms with Gasteiger partial charge in [0.15, 0.2) is 0 Å². The van der Waals surface area contributed by atoms with Gasteiger partial charge in [-0.3, -0.25) is 4.79 Å². The smallest absolute Gasteiger partial charge is 0.306 e. The average Bonchev–Trinajstić information content (AvgIpc) is 2.23. The summed E-state index contributed by atoms with van der Waals surface area (Å²) in [5, 5.41) is 9.55. The fraction of sp³-hybridized carbons (Fsp3) is 0.364. The Morgan fingerprint density at radius 1 is 1.44 bits per heavy atom. The van der Waals surface area contributed by atoms with E-state index >= 15 is 0 Å². The van der Waals surface area contributed by atoms with E-state index in [2.05, 4.69) is 0 Å². The highest BCUT2D eigenvalue weighted by molar-refractivity contribution is 6.42. The van der Waals surface area contributed by atoms with Crippen molar-refractivity contribution in [1.82, 2.24) is 0 Å². The molecule has 0 spiro atoms. The monoisotopic (exact) mass is 262 g/mol. The summed E-state index contributed by atoms with van der Waals surface area (Å²) in [7, 11) is 0. The van der Waals surface area contributed by atoms with E-state index in [4.69, 9.17) is 33.0 Å². The maximum absolute atomic E-state index is 10.5. The van der Waals surface area contributed by atoms with Gasteiger partial charge in [-0.2, -0.15) is 0 Å². The van der Waals surface area contributed by atoms with Crippen molar-refractivity contribution in [1.29, 1.82) is 0 Å². The number of rotatable bonds is 5. The standard InChI is InChI=1S/C11H12Cl2O3/c1-7(11(14)15)4-5-16-8-2-3-9(12)10(13)6-8/h2-3,6-7H,4-5H2,1H3,(H,14,15). The highest BCUT2D eigenvalue weighted by atomic mass is 35.5. The molecule has 1 N–H and O–H groups in total. The van der Waals surface area contributed by atoms with Crippen LogP contribution in [-0.4, -0.2) is 17.7 Å². The zero-order valence-electron chi connectivity index (χ0n) is 8.74. The van der Waals surface area contributed by atoms with Crippen molar-refractivity contribution in [2.24, 2.45) is 5.92 Å². The maximum atomic E-state index is 10.5. The van der Waals surface area contributed by atoms with Crippen molar-refractivity contribution in [3.8, 4) is 5.75 Å². The van der Waals surface area contributed by atoms with Crippen LogP contribution in [0, 0.1) is 5.92 Å². The van der Waals surface area contributed by atoms with Gasteiger partial charge in [0.05, 0.1) is 22.6 Å². The lowest BCUT2D eigenvalue weighted by Gasteiger charge is -2.09. The molecule has 0 aliphatic carbocycles. The highest BCUT2D eigenvalue weighted by Crippen LogP contribution is 2.26. The van der Waals surface area contributed by atoms with Crippen LogP contribution in [0.1, 0.15) is 13.3 Å². The summed E-state index contributed by atoms with van der Waals surface area (Å²) in [5.41, 5.74) is 0. The molecule has 1 rings (SSSR count). The third kappa shape index (κ3) is 3.91. The fourth-order valence-corrected chi connectivity index (χ4v) is 1.33. The Balaban J connectivity index is 2.43. The van der Waals surface area contributed by atoms with Crippen LogP contribution >= 0.6 is 23.2 Å². The third-order valence-corrected chi connectivity index (χ3v) is 2.87. The SMILES string of the molecule is CC(CCOc1ccc(Cl)c(Cl)c1)C(=O)O. The first-order valence-corrected chi connectivity index (χ1v) is 5.57. The van der Waals surface area contributed by atoms with Crippen molar-refractivity contribution < 1.29 is 14.6 Å². The van der Waals surface area contributed by atoms with Gasteiger partial charge >= 0.3 is 5.97 Å². The minimum absolute atomic E-state index is 0.339. The largest absolute Gasteiger partial charge is 0.494 e. The number of halogens is 2. The van der Waals surface area contributed by atoms with Crippen LogP contribution < -0.4 is 4.74 Å². The predicted molar refractivity (Wildman–Crippen MR) is 63.4 cm³/mol. The molecule has 0 heterocycles. The number of ether oxygens (including phenoxy) is 1. The summed E-state index contributed by atoms with van der Waals surface area (Å²) in [6.07, 6.45) is 0.454. The van der Waals surface area contributed by atoms with Gasteiger partial charge in [-0.1, -0.05) is 30.1 Å². The van der Waals surface area contributed by atoms with Crippen molar-refractivity contribution in [3.05, 3.63) is 28.2 Å². The van der Waals surface area contributed by atoms with Crippen molar-refractivity contribution >= 4 is 29.2 Å². The highest BCUT2D eigenvalue weighted by Gasteiger charge is 2.10. The molecule has 16 heavy (non-hydrogen) atoms. The maximum Gasteiger partial charge on any atom is 0.306 e. The number of carboxylic acids is 1. The number of aliphatic carboxylic acids is 1. The first-order chi connectivity index (χ1) is 7.50. The van der Waals surface area contributed by atoms with Crippen LogP contribution in [0.15, 0.2) is 18.2 Å².